The summed E-state index contributed by atoms with van der Waals surface area (Å²) in [6.45, 7) is 9.83. The van der Waals surface area contributed by atoms with Crippen molar-refractivity contribution in [2.75, 3.05) is 44.8 Å². The van der Waals surface area contributed by atoms with Gasteiger partial charge >= 0.3 is 6.09 Å². The average molecular weight is 978 g/mol. The van der Waals surface area contributed by atoms with Crippen molar-refractivity contribution in [3.63, 3.8) is 0 Å². The monoisotopic (exact) mass is 977 g/mol. The first-order valence-corrected chi connectivity index (χ1v) is 28.0. The number of hydrogen-bond acceptors (Lipinski definition) is 13. The van der Waals surface area contributed by atoms with E-state index in [1.54, 1.807) is 73.8 Å². The Morgan fingerprint density at radius 1 is 0.896 bits per heavy atom. The Hall–Kier alpha value is -5.26. The van der Waals surface area contributed by atoms with Crippen molar-refractivity contribution in [2.24, 2.45) is 11.7 Å². The normalized spacial score (nSPS) is 15.1. The summed E-state index contributed by atoms with van der Waals surface area (Å²) >= 11 is 0. The van der Waals surface area contributed by atoms with Crippen LogP contribution in [0.3, 0.4) is 0 Å². The number of ether oxygens (including phenoxy) is 1. The van der Waals surface area contributed by atoms with Crippen LogP contribution in [-0.2, 0) is 44.1 Å². The van der Waals surface area contributed by atoms with Crippen LogP contribution in [0.15, 0.2) is 107 Å². The van der Waals surface area contributed by atoms with Gasteiger partial charge < -0.3 is 35.3 Å². The van der Waals surface area contributed by atoms with E-state index in [1.807, 2.05) is 63.0 Å². The van der Waals surface area contributed by atoms with Crippen molar-refractivity contribution < 1.29 is 41.0 Å². The molecule has 1 aromatic heterocycles. The van der Waals surface area contributed by atoms with Crippen LogP contribution in [0.1, 0.15) is 50.3 Å². The summed E-state index contributed by atoms with van der Waals surface area (Å²) in [4.78, 5) is 13.8. The molecule has 0 aliphatic carbocycles. The largest absolute Gasteiger partial charge is 0.497 e. The number of amides is 1. The second kappa shape index (κ2) is 21.8. The third-order valence-corrected chi connectivity index (χ3v) is 20.5. The van der Waals surface area contributed by atoms with E-state index in [9.17, 15) is 15.0 Å². The van der Waals surface area contributed by atoms with E-state index < -0.39 is 62.9 Å². The number of methoxy groups -OCH3 is 1. The third-order valence-electron chi connectivity index (χ3n) is 12.5. The van der Waals surface area contributed by atoms with E-state index in [-0.39, 0.29) is 55.1 Å². The number of nitrogens with two attached hydrogens (primary N) is 1. The highest BCUT2D eigenvalue weighted by Gasteiger charge is 2.42. The molecule has 1 aliphatic rings. The molecule has 0 bridgehead atoms. The zero-order chi connectivity index (χ0) is 48.6. The van der Waals surface area contributed by atoms with Crippen molar-refractivity contribution in [1.29, 1.82) is 0 Å². The fraction of sp³-hybridized carbons (Fsp3) is 0.435. The number of tetrazole rings is 1. The average Bonchev–Trinajstić information content (AvgIpc) is 3.77. The molecule has 0 radical (unpaired) electrons. The smallest absolute Gasteiger partial charge is 0.404 e. The fourth-order valence-corrected chi connectivity index (χ4v) is 12.5. The van der Waals surface area contributed by atoms with Gasteiger partial charge in [-0.15, -0.1) is 10.2 Å². The van der Waals surface area contributed by atoms with Gasteiger partial charge in [0.15, 0.2) is 8.32 Å². The van der Waals surface area contributed by atoms with E-state index in [2.05, 4.69) is 20.4 Å². The van der Waals surface area contributed by atoms with Crippen molar-refractivity contribution in [2.45, 2.75) is 93.3 Å². The first-order chi connectivity index (χ1) is 31.7. The van der Waals surface area contributed by atoms with Crippen LogP contribution in [0, 0.1) is 5.92 Å². The van der Waals surface area contributed by atoms with Gasteiger partial charge in [0, 0.05) is 51.0 Å². The van der Waals surface area contributed by atoms with Gasteiger partial charge in [0.2, 0.25) is 25.9 Å². The molecule has 1 saturated heterocycles. The van der Waals surface area contributed by atoms with E-state index in [4.69, 9.17) is 20.0 Å². The van der Waals surface area contributed by atoms with Gasteiger partial charge in [-0.25, -0.2) is 26.4 Å². The molecule has 21 heteroatoms. The molecule has 0 spiro atoms. The number of piperidine rings is 1. The van der Waals surface area contributed by atoms with Crippen LogP contribution >= 0.6 is 0 Å². The predicted octanol–water partition coefficient (Wildman–Crippen LogP) is 5.26. The molecule has 2 unspecified atom stereocenters. The molecule has 67 heavy (non-hydrogen) atoms. The number of hydrogen-bond donors (Lipinski definition) is 5. The van der Waals surface area contributed by atoms with Crippen molar-refractivity contribution >= 4 is 40.1 Å². The van der Waals surface area contributed by atoms with Gasteiger partial charge in [-0.2, -0.15) is 9.10 Å². The molecule has 362 valence electrons. The number of aromatic nitrogens is 4. The Bertz CT molecular complexity index is 2600. The van der Waals surface area contributed by atoms with E-state index >= 15 is 16.8 Å². The topological polar surface area (TPSA) is 244 Å². The van der Waals surface area contributed by atoms with Crippen LogP contribution in [0.2, 0.25) is 18.1 Å². The lowest BCUT2D eigenvalue weighted by Gasteiger charge is -2.39. The molecule has 5 aromatic rings. The fourth-order valence-electron chi connectivity index (χ4n) is 7.68. The Labute approximate surface area is 394 Å². The molecule has 6 rings (SSSR count). The van der Waals surface area contributed by atoms with Crippen LogP contribution in [0.4, 0.5) is 10.5 Å². The molecule has 4 aromatic carbocycles. The molecule has 1 amide bonds. The van der Waals surface area contributed by atoms with Gasteiger partial charge in [-0.05, 0) is 83.1 Å². The summed E-state index contributed by atoms with van der Waals surface area (Å²) in [5, 5.41) is 34.9. The molecule has 18 nitrogen and oxygen atoms in total. The summed E-state index contributed by atoms with van der Waals surface area (Å²) in [5.41, 5.74) is 8.68. The number of rotatable bonds is 21. The number of aliphatic hydroxyl groups excluding tert-OH is 1. The molecular weight excluding hydrogens is 915 g/mol. The van der Waals surface area contributed by atoms with Crippen molar-refractivity contribution in [1.82, 2.24) is 34.6 Å². The first kappa shape index (κ1) is 51.1. The molecular formula is C46H63N9O9S2Si. The maximum absolute atomic E-state index is 16.0. The number of carbonyl (C=O) groups is 1. The Balaban J connectivity index is 1.56. The number of nitrogens with zero attached hydrogens (tertiary/aromatic N) is 6. The molecule has 1 aliphatic heterocycles. The highest BCUT2D eigenvalue weighted by atomic mass is 32.2. The van der Waals surface area contributed by atoms with Crippen LogP contribution in [0.5, 0.6) is 5.75 Å². The van der Waals surface area contributed by atoms with Gasteiger partial charge in [0.25, 0.3) is 0 Å². The summed E-state index contributed by atoms with van der Waals surface area (Å²) in [5.74, 6) is 0.513. The minimum Gasteiger partial charge on any atom is -0.497 e. The maximum Gasteiger partial charge on any atom is 0.404 e. The maximum atomic E-state index is 16.0. The summed E-state index contributed by atoms with van der Waals surface area (Å²) in [6.07, 6.45) is -1.14. The summed E-state index contributed by atoms with van der Waals surface area (Å²) < 4.78 is 77.8. The Morgan fingerprint density at radius 3 is 2.03 bits per heavy atom. The van der Waals surface area contributed by atoms with E-state index in [0.717, 1.165) is 5.56 Å². The van der Waals surface area contributed by atoms with E-state index in [1.165, 1.54) is 15.2 Å². The second-order valence-corrected chi connectivity index (χ2v) is 26.6. The number of anilines is 1. The van der Waals surface area contributed by atoms with Gasteiger partial charge in [0.1, 0.15) is 15.5 Å². The lowest BCUT2D eigenvalue weighted by Crippen LogP contribution is -2.50. The van der Waals surface area contributed by atoms with Crippen LogP contribution in [-0.4, -0.2) is 118 Å². The SMILES string of the molecule is COc1ccc(Cn2nnc(-c3c(N4CCC(C(N)CO)CC4)ccc(S(=O)(=O)NCC(CNC(=O)O)O[Si](C)(C)C(C)(C)C)c3S(=O)(=O)N(Cc3ccccc3)Cc3ccccc3)n2)cc1. The van der Waals surface area contributed by atoms with Gasteiger partial charge in [-0.1, -0.05) is 93.6 Å². The predicted molar refractivity (Wildman–Crippen MR) is 258 cm³/mol. The van der Waals surface area contributed by atoms with Gasteiger partial charge in [-0.3, -0.25) is 0 Å². The zero-order valence-corrected chi connectivity index (χ0v) is 41.5. The summed E-state index contributed by atoms with van der Waals surface area (Å²) in [6, 6.07) is 27.7. The number of sulfonamides is 2. The van der Waals surface area contributed by atoms with Crippen LogP contribution in [0.25, 0.3) is 11.4 Å². The van der Waals surface area contributed by atoms with E-state index in [0.29, 0.717) is 48.5 Å². The molecule has 6 N–H and O–H groups in total. The molecule has 0 saturated carbocycles. The highest BCUT2D eigenvalue weighted by molar-refractivity contribution is 7.92. The zero-order valence-electron chi connectivity index (χ0n) is 38.9. The first-order valence-electron chi connectivity index (χ1n) is 22.1. The number of aliphatic hydroxyl groups is 1. The van der Waals surface area contributed by atoms with Crippen molar-refractivity contribution in [3.05, 3.63) is 114 Å². The lowest BCUT2D eigenvalue weighted by molar-refractivity contribution is 0.163. The number of nitrogens with one attached hydrogen (secondary N) is 2. The van der Waals surface area contributed by atoms with Crippen molar-refractivity contribution in [3.8, 4) is 17.1 Å². The second-order valence-electron chi connectivity index (χ2n) is 18.2. The van der Waals surface area contributed by atoms with Gasteiger partial charge in [0.05, 0.1) is 31.9 Å². The lowest BCUT2D eigenvalue weighted by atomic mass is 9.90. The highest BCUT2D eigenvalue weighted by Crippen LogP contribution is 2.43. The quantitative estimate of drug-likeness (QED) is 0.0590. The molecule has 2 heterocycles. The Morgan fingerprint density at radius 2 is 1.49 bits per heavy atom. The molecule has 1 fully saturated rings. The minimum atomic E-state index is -4.86. The Kier molecular flexibility index (Phi) is 16.6. The number of carboxylic acid groups (broad SMARTS) is 1. The van der Waals surface area contributed by atoms with Crippen LogP contribution < -0.4 is 25.4 Å². The molecule has 2 atom stereocenters. The summed E-state index contributed by atoms with van der Waals surface area (Å²) in [7, 11) is -10.7. The number of benzene rings is 4. The minimum absolute atomic E-state index is 0.00964. The standard InChI is InChI=1S/C46H63N9O9S2Si/c1-46(2,3)67(5,6)64-38(27-48-45(57)58)28-49-65(59,60)41-22-21-40(53-25-23-36(24-26-53)39(47)32-56)42(44-50-52-55(51-44)31-35-17-19-37(63-4)20-18-35)43(41)66(61,62)54(29-33-13-9-7-10-14-33)30-34-15-11-8-12-16-34/h7-22,36,38-39,48-49,56H,23-32,47H2,1-6H3,(H,57,58). The third kappa shape index (κ3) is 12.8.